The molecule has 2 nitrogen and oxygen atoms in total. The molecule has 0 saturated heterocycles. The van der Waals surface area contributed by atoms with Crippen LogP contribution in [0.3, 0.4) is 0 Å². The van der Waals surface area contributed by atoms with Crippen molar-refractivity contribution < 1.29 is 9.59 Å². The predicted molar refractivity (Wildman–Crippen MR) is 44.1 cm³/mol. The lowest BCUT2D eigenvalue weighted by Crippen LogP contribution is -2.00. The van der Waals surface area contributed by atoms with Gasteiger partial charge in [-0.2, -0.15) is 0 Å². The van der Waals surface area contributed by atoms with Gasteiger partial charge in [0.15, 0.2) is 6.29 Å². The molecule has 0 aliphatic carbocycles. The van der Waals surface area contributed by atoms with Crippen molar-refractivity contribution in [2.24, 2.45) is 0 Å². The van der Waals surface area contributed by atoms with E-state index in [4.69, 9.17) is 0 Å². The van der Waals surface area contributed by atoms with Gasteiger partial charge in [0.25, 0.3) is 0 Å². The molecule has 0 radical (unpaired) electrons. The first-order chi connectivity index (χ1) is 5.25. The topological polar surface area (TPSA) is 34.1 Å². The van der Waals surface area contributed by atoms with E-state index in [1.54, 1.807) is 24.3 Å². The maximum atomic E-state index is 10.8. The van der Waals surface area contributed by atoms with Crippen LogP contribution in [0.15, 0.2) is 29.2 Å². The Bertz CT molecular complexity index is 294. The number of rotatable bonds is 2. The molecule has 0 aliphatic rings. The fraction of sp³-hybridized carbons (Fsp3) is 0. The number of benzene rings is 1. The van der Waals surface area contributed by atoms with Gasteiger partial charge in [-0.3, -0.25) is 9.59 Å². The predicted octanol–water partition coefficient (Wildman–Crippen LogP) is 1.36. The molecule has 0 unspecified atom stereocenters. The highest BCUT2D eigenvalue weighted by Gasteiger charge is 2.05. The van der Waals surface area contributed by atoms with Gasteiger partial charge in [0, 0.05) is 10.5 Å². The van der Waals surface area contributed by atoms with Gasteiger partial charge in [-0.05, 0) is 12.1 Å². The van der Waals surface area contributed by atoms with Gasteiger partial charge >= 0.3 is 0 Å². The van der Waals surface area contributed by atoms with Crippen molar-refractivity contribution in [2.45, 2.75) is 4.90 Å². The summed E-state index contributed by atoms with van der Waals surface area (Å²) in [7, 11) is 0. The molecule has 0 atom stereocenters. The summed E-state index contributed by atoms with van der Waals surface area (Å²) < 4.78 is 0. The summed E-state index contributed by atoms with van der Waals surface area (Å²) >= 11 is 4.01. The number of thiol groups is 1. The zero-order valence-corrected chi connectivity index (χ0v) is 6.54. The molecule has 0 aliphatic heterocycles. The minimum atomic E-state index is -0.532. The molecule has 56 valence electrons. The summed E-state index contributed by atoms with van der Waals surface area (Å²) in [5.74, 6) is -0.532. The molecule has 11 heavy (non-hydrogen) atoms. The normalized spacial score (nSPS) is 9.18. The number of ketones is 1. The lowest BCUT2D eigenvalue weighted by molar-refractivity contribution is -0.104. The Hall–Kier alpha value is -1.09. The largest absolute Gasteiger partial charge is 0.294 e. The third kappa shape index (κ3) is 1.68. The van der Waals surface area contributed by atoms with Gasteiger partial charge < -0.3 is 0 Å². The summed E-state index contributed by atoms with van der Waals surface area (Å²) in [5.41, 5.74) is 0.353. The zero-order valence-electron chi connectivity index (χ0n) is 5.65. The number of carbonyl (C=O) groups excluding carboxylic acids is 2. The van der Waals surface area contributed by atoms with Crippen LogP contribution in [-0.4, -0.2) is 12.1 Å². The highest BCUT2D eigenvalue weighted by molar-refractivity contribution is 7.80. The smallest absolute Gasteiger partial charge is 0.226 e. The van der Waals surface area contributed by atoms with E-state index in [-0.39, 0.29) is 6.29 Å². The first kappa shape index (κ1) is 8.01. The highest BCUT2D eigenvalue weighted by Crippen LogP contribution is 2.12. The average Bonchev–Trinajstić information content (AvgIpc) is 2.04. The van der Waals surface area contributed by atoms with Crippen molar-refractivity contribution in [1.82, 2.24) is 0 Å². The lowest BCUT2D eigenvalue weighted by Gasteiger charge is -1.96. The van der Waals surface area contributed by atoms with Crippen molar-refractivity contribution in [1.29, 1.82) is 0 Å². The summed E-state index contributed by atoms with van der Waals surface area (Å²) in [5, 5.41) is 0. The fourth-order valence-corrected chi connectivity index (χ4v) is 1.02. The molecule has 0 N–H and O–H groups in total. The lowest BCUT2D eigenvalue weighted by atomic mass is 10.1. The molecule has 1 rings (SSSR count). The Morgan fingerprint density at radius 3 is 2.55 bits per heavy atom. The van der Waals surface area contributed by atoms with E-state index in [1.165, 1.54) is 0 Å². The monoisotopic (exact) mass is 166 g/mol. The number of Topliss-reactive ketones (excluding diaryl/α,β-unsaturated/α-hetero) is 1. The fourth-order valence-electron chi connectivity index (χ4n) is 0.745. The second-order valence-corrected chi connectivity index (χ2v) is 2.48. The van der Waals surface area contributed by atoms with E-state index in [0.29, 0.717) is 10.5 Å². The van der Waals surface area contributed by atoms with Crippen molar-refractivity contribution in [2.75, 3.05) is 0 Å². The van der Waals surface area contributed by atoms with E-state index in [2.05, 4.69) is 12.6 Å². The van der Waals surface area contributed by atoms with Crippen LogP contribution in [0.5, 0.6) is 0 Å². The number of hydrogen-bond acceptors (Lipinski definition) is 3. The standard InChI is InChI=1S/C8H6O2S/c9-5-7(10)6-3-1-2-4-8(6)11/h1-5,11H. The van der Waals surface area contributed by atoms with E-state index >= 15 is 0 Å². The first-order valence-corrected chi connectivity index (χ1v) is 3.48. The average molecular weight is 166 g/mol. The van der Waals surface area contributed by atoms with Crippen LogP contribution in [0, 0.1) is 0 Å². The van der Waals surface area contributed by atoms with Gasteiger partial charge in [0.2, 0.25) is 5.78 Å². The van der Waals surface area contributed by atoms with Crippen LogP contribution in [0.25, 0.3) is 0 Å². The molecule has 0 aromatic heterocycles. The van der Waals surface area contributed by atoms with Gasteiger partial charge in [-0.15, -0.1) is 12.6 Å². The van der Waals surface area contributed by atoms with Crippen LogP contribution in [0.2, 0.25) is 0 Å². The summed E-state index contributed by atoms with van der Waals surface area (Å²) in [6.07, 6.45) is 0.287. The SMILES string of the molecule is O=CC(=O)c1ccccc1S. The van der Waals surface area contributed by atoms with Gasteiger partial charge in [0.05, 0.1) is 0 Å². The van der Waals surface area contributed by atoms with Crippen molar-refractivity contribution >= 4 is 24.7 Å². The molecule has 3 heteroatoms. The Kier molecular flexibility index (Phi) is 2.44. The first-order valence-electron chi connectivity index (χ1n) is 3.03. The molecular formula is C8H6O2S. The summed E-state index contributed by atoms with van der Waals surface area (Å²) in [4.78, 5) is 21.4. The van der Waals surface area contributed by atoms with Crippen LogP contribution >= 0.6 is 12.6 Å². The van der Waals surface area contributed by atoms with Gasteiger partial charge in [-0.1, -0.05) is 12.1 Å². The Labute approximate surface area is 69.6 Å². The maximum absolute atomic E-state index is 10.8. The van der Waals surface area contributed by atoms with E-state index in [1.807, 2.05) is 0 Å². The Morgan fingerprint density at radius 2 is 2.00 bits per heavy atom. The zero-order chi connectivity index (χ0) is 8.27. The minimum absolute atomic E-state index is 0.287. The number of hydrogen-bond donors (Lipinski definition) is 1. The molecule has 1 aromatic carbocycles. The molecule has 0 bridgehead atoms. The van der Waals surface area contributed by atoms with Gasteiger partial charge in [-0.25, -0.2) is 0 Å². The molecule has 0 amide bonds. The molecule has 0 heterocycles. The van der Waals surface area contributed by atoms with Crippen LogP contribution < -0.4 is 0 Å². The summed E-state index contributed by atoms with van der Waals surface area (Å²) in [6.45, 7) is 0. The number of aldehydes is 1. The molecule has 0 spiro atoms. The summed E-state index contributed by atoms with van der Waals surface area (Å²) in [6, 6.07) is 6.68. The third-order valence-electron chi connectivity index (χ3n) is 1.28. The Morgan fingerprint density at radius 1 is 1.36 bits per heavy atom. The van der Waals surface area contributed by atoms with Crippen LogP contribution in [0.1, 0.15) is 10.4 Å². The molecule has 0 saturated carbocycles. The highest BCUT2D eigenvalue weighted by atomic mass is 32.1. The van der Waals surface area contributed by atoms with E-state index in [0.717, 1.165) is 0 Å². The van der Waals surface area contributed by atoms with E-state index < -0.39 is 5.78 Å². The van der Waals surface area contributed by atoms with Crippen LogP contribution in [-0.2, 0) is 4.79 Å². The van der Waals surface area contributed by atoms with Crippen molar-refractivity contribution in [3.8, 4) is 0 Å². The van der Waals surface area contributed by atoms with Crippen LogP contribution in [0.4, 0.5) is 0 Å². The molecular weight excluding hydrogens is 160 g/mol. The van der Waals surface area contributed by atoms with Gasteiger partial charge in [0.1, 0.15) is 0 Å². The second kappa shape index (κ2) is 3.34. The van der Waals surface area contributed by atoms with E-state index in [9.17, 15) is 9.59 Å². The van der Waals surface area contributed by atoms with Crippen molar-refractivity contribution in [3.05, 3.63) is 29.8 Å². The minimum Gasteiger partial charge on any atom is -0.294 e. The van der Waals surface area contributed by atoms with Crippen molar-refractivity contribution in [3.63, 3.8) is 0 Å². The number of carbonyl (C=O) groups is 2. The molecule has 0 fully saturated rings. The Balaban J connectivity index is 3.13. The quantitative estimate of drug-likeness (QED) is 0.311. The molecule has 1 aromatic rings. The maximum Gasteiger partial charge on any atom is 0.226 e. The second-order valence-electron chi connectivity index (χ2n) is 2.00. The third-order valence-corrected chi connectivity index (χ3v) is 1.67.